The number of amides is 1. The van der Waals surface area contributed by atoms with E-state index in [0.717, 1.165) is 6.07 Å². The molecule has 0 radical (unpaired) electrons. The maximum atomic E-state index is 14.8. The van der Waals surface area contributed by atoms with Crippen LogP contribution >= 0.6 is 10.6 Å². The van der Waals surface area contributed by atoms with Gasteiger partial charge in [0.05, 0.1) is 19.1 Å². The molecule has 5 N–H and O–H groups in total. The summed E-state index contributed by atoms with van der Waals surface area (Å²) in [6.07, 6.45) is 1.39. The van der Waals surface area contributed by atoms with Gasteiger partial charge >= 0.3 is 0 Å². The summed E-state index contributed by atoms with van der Waals surface area (Å²) >= 11 is 0. The molecule has 0 spiro atoms. The van der Waals surface area contributed by atoms with Gasteiger partial charge in [0.2, 0.25) is 0 Å². The van der Waals surface area contributed by atoms with Crippen molar-refractivity contribution in [1.82, 2.24) is 4.98 Å². The molecule has 174 valence electrons. The van der Waals surface area contributed by atoms with Crippen LogP contribution in [0.4, 0.5) is 14.5 Å². The van der Waals surface area contributed by atoms with Gasteiger partial charge in [0.1, 0.15) is 40.1 Å². The summed E-state index contributed by atoms with van der Waals surface area (Å²) in [5.74, 6) is -1.62. The monoisotopic (exact) mass is 468 g/mol. The van der Waals surface area contributed by atoms with Crippen LogP contribution in [0.5, 0.6) is 5.75 Å². The number of nitrogens with zero attached hydrogens (tertiary/aromatic N) is 2. The maximum absolute atomic E-state index is 14.8. The molecule has 32 heavy (non-hydrogen) atoms. The quantitative estimate of drug-likeness (QED) is 0.527. The molecule has 1 aromatic carbocycles. The molecular formula is C21H26F2N4O4S. The van der Waals surface area contributed by atoms with Crippen molar-refractivity contribution in [3.05, 3.63) is 53.1 Å². The number of aromatic nitrogens is 1. The van der Waals surface area contributed by atoms with E-state index < -0.39 is 45.0 Å². The number of halogens is 2. The van der Waals surface area contributed by atoms with Gasteiger partial charge in [-0.1, -0.05) is 0 Å². The Hall–Kier alpha value is -2.76. The van der Waals surface area contributed by atoms with Gasteiger partial charge in [-0.05, 0) is 50.6 Å². The number of nitrogens with one attached hydrogen (secondary N) is 1. The van der Waals surface area contributed by atoms with Crippen LogP contribution in [0.2, 0.25) is 0 Å². The van der Waals surface area contributed by atoms with Gasteiger partial charge in [-0.25, -0.2) is 13.8 Å². The summed E-state index contributed by atoms with van der Waals surface area (Å²) in [5.41, 5.74) is 4.61. The van der Waals surface area contributed by atoms with Crippen molar-refractivity contribution in [2.45, 2.75) is 31.1 Å². The molecule has 1 aliphatic heterocycles. The lowest BCUT2D eigenvalue weighted by Gasteiger charge is -2.53. The highest BCUT2D eigenvalue weighted by Gasteiger charge is 2.51. The number of pyridine rings is 1. The zero-order valence-electron chi connectivity index (χ0n) is 18.1. The number of methoxy groups -OCH3 is 1. The van der Waals surface area contributed by atoms with Crippen LogP contribution in [0, 0.1) is 12.7 Å². The molecule has 0 aliphatic carbocycles. The fraction of sp³-hybridized carbons (Fsp3) is 0.381. The largest absolute Gasteiger partial charge is 0.495 e. The Labute approximate surface area is 186 Å². The van der Waals surface area contributed by atoms with Crippen molar-refractivity contribution >= 4 is 28.0 Å². The highest BCUT2D eigenvalue weighted by Crippen LogP contribution is 2.59. The van der Waals surface area contributed by atoms with Crippen molar-refractivity contribution in [3.8, 4) is 5.75 Å². The van der Waals surface area contributed by atoms with Gasteiger partial charge in [0, 0.05) is 11.3 Å². The van der Waals surface area contributed by atoms with E-state index in [1.165, 1.54) is 39.3 Å². The van der Waals surface area contributed by atoms with E-state index in [9.17, 15) is 22.7 Å². The van der Waals surface area contributed by atoms with Gasteiger partial charge < -0.3 is 15.8 Å². The summed E-state index contributed by atoms with van der Waals surface area (Å²) in [5, 5.41) is 2.60. The number of alkyl halides is 1. The van der Waals surface area contributed by atoms with Crippen molar-refractivity contribution in [1.29, 1.82) is 0 Å². The number of carbonyl (C=O) groups excluding carboxylic acids is 1. The van der Waals surface area contributed by atoms with E-state index in [1.54, 1.807) is 13.0 Å². The number of nitrogens with two attached hydrogens (primary N) is 1. The minimum Gasteiger partial charge on any atom is -0.495 e. The number of anilines is 1. The molecule has 0 fully saturated rings. The first-order valence-electron chi connectivity index (χ1n) is 9.66. The van der Waals surface area contributed by atoms with Gasteiger partial charge in [-0.2, -0.15) is 10.6 Å². The summed E-state index contributed by atoms with van der Waals surface area (Å²) in [7, 11) is -1.98. The summed E-state index contributed by atoms with van der Waals surface area (Å²) in [6.45, 7) is 3.44. The van der Waals surface area contributed by atoms with E-state index in [-0.39, 0.29) is 22.8 Å². The second-order valence-electron chi connectivity index (χ2n) is 8.17. The van der Waals surface area contributed by atoms with Crippen LogP contribution in [0.25, 0.3) is 0 Å². The average Bonchev–Trinajstić information content (AvgIpc) is 2.73. The number of rotatable bonds is 5. The Morgan fingerprint density at radius 3 is 2.59 bits per heavy atom. The number of aliphatic imine (C=N–C) groups is 1. The maximum Gasteiger partial charge on any atom is 0.274 e. The number of aryl methyl sites for hydroxylation is 1. The fourth-order valence-corrected chi connectivity index (χ4v) is 5.11. The topological polar surface area (TPSA) is 130 Å². The first-order valence-corrected chi connectivity index (χ1v) is 11.4. The summed E-state index contributed by atoms with van der Waals surface area (Å²) in [6, 6.07) is 5.21. The Bertz CT molecular complexity index is 1090. The third-order valence-electron chi connectivity index (χ3n) is 5.66. The predicted octanol–water partition coefficient (Wildman–Crippen LogP) is 3.85. The van der Waals surface area contributed by atoms with Crippen LogP contribution in [0.15, 0.2) is 35.5 Å². The highest BCUT2D eigenvalue weighted by molar-refractivity contribution is 8.26. The van der Waals surface area contributed by atoms with Crippen molar-refractivity contribution in [2.24, 2.45) is 10.7 Å². The molecule has 0 unspecified atom stereocenters. The Morgan fingerprint density at radius 2 is 2.03 bits per heavy atom. The Kier molecular flexibility index (Phi) is 6.20. The van der Waals surface area contributed by atoms with Crippen LogP contribution in [0.1, 0.15) is 35.5 Å². The number of hydrogen-bond acceptors (Lipinski definition) is 7. The molecule has 3 rings (SSSR count). The lowest BCUT2D eigenvalue weighted by molar-refractivity contribution is 0.102. The SMILES string of the molecule is COc1cnc(C(=O)Nc2ccc(F)c([C@]3(CF)CS(O)(O)C(C)(C)C(N)=N3)c2)c(C)c1. The lowest BCUT2D eigenvalue weighted by atomic mass is 9.92. The second-order valence-corrected chi connectivity index (χ2v) is 10.8. The molecule has 0 saturated heterocycles. The minimum absolute atomic E-state index is 0.132. The highest BCUT2D eigenvalue weighted by atomic mass is 32.3. The van der Waals surface area contributed by atoms with E-state index >= 15 is 0 Å². The first-order chi connectivity index (χ1) is 14.9. The molecule has 0 saturated carbocycles. The number of hydrogen-bond donors (Lipinski definition) is 4. The summed E-state index contributed by atoms with van der Waals surface area (Å²) < 4.78 is 54.1. The Morgan fingerprint density at radius 1 is 1.34 bits per heavy atom. The molecule has 2 heterocycles. The van der Waals surface area contributed by atoms with Crippen LogP contribution in [0.3, 0.4) is 0 Å². The molecule has 1 aromatic heterocycles. The van der Waals surface area contributed by atoms with Crippen LogP contribution in [-0.4, -0.2) is 50.1 Å². The third kappa shape index (κ3) is 4.03. The molecule has 8 nitrogen and oxygen atoms in total. The van der Waals surface area contributed by atoms with E-state index in [1.807, 2.05) is 0 Å². The molecule has 0 bridgehead atoms. The normalized spacial score (nSPS) is 22.6. The second kappa shape index (κ2) is 8.30. The Balaban J connectivity index is 2.00. The predicted molar refractivity (Wildman–Crippen MR) is 121 cm³/mol. The average molecular weight is 469 g/mol. The van der Waals surface area contributed by atoms with Crippen LogP contribution in [-0.2, 0) is 5.54 Å². The molecule has 1 amide bonds. The zero-order valence-corrected chi connectivity index (χ0v) is 19.0. The van der Waals surface area contributed by atoms with Gasteiger partial charge in [-0.3, -0.25) is 18.9 Å². The molecule has 11 heteroatoms. The first kappa shape index (κ1) is 23.9. The number of carbonyl (C=O) groups is 1. The standard InChI is InChI=1S/C21H26F2N4O4S/c1-12-7-14(31-4)9-25-17(12)18(28)26-13-5-6-16(23)15(8-13)21(10-22)11-32(29,30)20(2,3)19(24)27-21/h5-9,29-30H,10-11H2,1-4H3,(H2,24,27)(H,26,28)/t21-/m0/s1. The smallest absolute Gasteiger partial charge is 0.274 e. The molecule has 2 aromatic rings. The van der Waals surface area contributed by atoms with Crippen molar-refractivity contribution in [2.75, 3.05) is 24.9 Å². The van der Waals surface area contributed by atoms with E-state index in [2.05, 4.69) is 15.3 Å². The third-order valence-corrected chi connectivity index (χ3v) is 8.38. The number of amidine groups is 1. The molecule has 1 aliphatic rings. The van der Waals surface area contributed by atoms with E-state index in [4.69, 9.17) is 10.5 Å². The van der Waals surface area contributed by atoms with Gasteiger partial charge in [0.25, 0.3) is 5.91 Å². The molecular weight excluding hydrogens is 442 g/mol. The van der Waals surface area contributed by atoms with Crippen LogP contribution < -0.4 is 15.8 Å². The van der Waals surface area contributed by atoms with Gasteiger partial charge in [-0.15, -0.1) is 0 Å². The summed E-state index contributed by atoms with van der Waals surface area (Å²) in [4.78, 5) is 20.9. The van der Waals surface area contributed by atoms with Crippen molar-refractivity contribution in [3.63, 3.8) is 0 Å². The minimum atomic E-state index is -3.46. The lowest BCUT2D eigenvalue weighted by Crippen LogP contribution is -2.53. The molecule has 1 atom stereocenters. The van der Waals surface area contributed by atoms with Crippen molar-refractivity contribution < 1.29 is 27.4 Å². The fourth-order valence-electron chi connectivity index (χ4n) is 3.41. The number of benzene rings is 1. The van der Waals surface area contributed by atoms with Gasteiger partial charge in [0.15, 0.2) is 0 Å². The number of ether oxygens (including phenoxy) is 1. The zero-order chi connectivity index (χ0) is 23.9. The van der Waals surface area contributed by atoms with E-state index in [0.29, 0.717) is 11.3 Å².